The number of aromatic nitrogens is 1. The number of fused-ring (bicyclic) bond motifs is 1. The van der Waals surface area contributed by atoms with E-state index in [4.69, 9.17) is 0 Å². The summed E-state index contributed by atoms with van der Waals surface area (Å²) in [5.74, 6) is 0. The molecule has 0 saturated carbocycles. The molecular formula is C17H15N. The molecule has 0 aliphatic carbocycles. The molecule has 1 heterocycles. The Morgan fingerprint density at radius 1 is 0.833 bits per heavy atom. The van der Waals surface area contributed by atoms with E-state index in [0.717, 1.165) is 11.2 Å². The largest absolute Gasteiger partial charge is 0.253 e. The molecule has 1 nitrogen and oxygen atoms in total. The van der Waals surface area contributed by atoms with Gasteiger partial charge in [0, 0.05) is 11.1 Å². The molecule has 0 N–H and O–H groups in total. The van der Waals surface area contributed by atoms with Crippen molar-refractivity contribution in [3.8, 4) is 11.1 Å². The van der Waals surface area contributed by atoms with Gasteiger partial charge in [-0.05, 0) is 43.2 Å². The van der Waals surface area contributed by atoms with Crippen molar-refractivity contribution in [1.29, 1.82) is 0 Å². The number of rotatable bonds is 1. The highest BCUT2D eigenvalue weighted by atomic mass is 14.7. The van der Waals surface area contributed by atoms with Crippen molar-refractivity contribution < 1.29 is 0 Å². The van der Waals surface area contributed by atoms with Crippen molar-refractivity contribution in [3.05, 3.63) is 65.9 Å². The average Bonchev–Trinajstić information content (AvgIpc) is 2.39. The van der Waals surface area contributed by atoms with Gasteiger partial charge in [0.15, 0.2) is 0 Å². The first-order valence-electron chi connectivity index (χ1n) is 6.17. The van der Waals surface area contributed by atoms with Crippen molar-refractivity contribution in [2.75, 3.05) is 0 Å². The van der Waals surface area contributed by atoms with Crippen LogP contribution in [0.5, 0.6) is 0 Å². The second-order valence-corrected chi connectivity index (χ2v) is 4.70. The maximum Gasteiger partial charge on any atom is 0.0711 e. The molecule has 0 fully saturated rings. The van der Waals surface area contributed by atoms with E-state index in [1.54, 1.807) is 0 Å². The predicted octanol–water partition coefficient (Wildman–Crippen LogP) is 4.52. The molecule has 0 amide bonds. The van der Waals surface area contributed by atoms with Gasteiger partial charge >= 0.3 is 0 Å². The lowest BCUT2D eigenvalue weighted by Crippen LogP contribution is -1.89. The topological polar surface area (TPSA) is 12.9 Å². The molecule has 88 valence electrons. The summed E-state index contributed by atoms with van der Waals surface area (Å²) in [6, 6.07) is 19.1. The zero-order chi connectivity index (χ0) is 12.5. The SMILES string of the molecule is Cc1ccc2nc(C)cc(-c3ccccc3)c2c1. The van der Waals surface area contributed by atoms with E-state index in [0.29, 0.717) is 0 Å². The van der Waals surface area contributed by atoms with Crippen LogP contribution in [0.3, 0.4) is 0 Å². The third-order valence-corrected chi connectivity index (χ3v) is 3.18. The van der Waals surface area contributed by atoms with Crippen LogP contribution >= 0.6 is 0 Å². The quantitative estimate of drug-likeness (QED) is 0.602. The fraction of sp³-hybridized carbons (Fsp3) is 0.118. The summed E-state index contributed by atoms with van der Waals surface area (Å²) in [4.78, 5) is 4.60. The molecular weight excluding hydrogens is 218 g/mol. The standard InChI is InChI=1S/C17H15N/c1-12-8-9-17-16(10-12)15(11-13(2)18-17)14-6-4-3-5-7-14/h3-11H,1-2H3. The molecule has 0 bridgehead atoms. The minimum atomic E-state index is 1.06. The lowest BCUT2D eigenvalue weighted by atomic mass is 9.99. The molecule has 18 heavy (non-hydrogen) atoms. The van der Waals surface area contributed by atoms with Crippen molar-refractivity contribution in [2.24, 2.45) is 0 Å². The Morgan fingerprint density at radius 2 is 1.61 bits per heavy atom. The van der Waals surface area contributed by atoms with Gasteiger partial charge in [0.05, 0.1) is 5.52 Å². The number of hydrogen-bond donors (Lipinski definition) is 0. The first-order chi connectivity index (χ1) is 8.74. The predicted molar refractivity (Wildman–Crippen MR) is 76.7 cm³/mol. The van der Waals surface area contributed by atoms with Gasteiger partial charge in [-0.15, -0.1) is 0 Å². The summed E-state index contributed by atoms with van der Waals surface area (Å²) >= 11 is 0. The highest BCUT2D eigenvalue weighted by Gasteiger charge is 2.06. The van der Waals surface area contributed by atoms with E-state index in [9.17, 15) is 0 Å². The zero-order valence-corrected chi connectivity index (χ0v) is 10.6. The lowest BCUT2D eigenvalue weighted by molar-refractivity contribution is 1.25. The normalized spacial score (nSPS) is 10.8. The zero-order valence-electron chi connectivity index (χ0n) is 10.6. The van der Waals surface area contributed by atoms with E-state index in [-0.39, 0.29) is 0 Å². The van der Waals surface area contributed by atoms with Gasteiger partial charge in [-0.25, -0.2) is 0 Å². The average molecular weight is 233 g/mol. The monoisotopic (exact) mass is 233 g/mol. The maximum absolute atomic E-state index is 4.60. The lowest BCUT2D eigenvalue weighted by Gasteiger charge is -2.09. The number of hydrogen-bond acceptors (Lipinski definition) is 1. The first-order valence-corrected chi connectivity index (χ1v) is 6.17. The molecule has 1 heteroatoms. The number of pyridine rings is 1. The maximum atomic E-state index is 4.60. The van der Waals surface area contributed by atoms with Crippen molar-refractivity contribution in [1.82, 2.24) is 4.98 Å². The fourth-order valence-corrected chi connectivity index (χ4v) is 2.33. The minimum Gasteiger partial charge on any atom is -0.253 e. The van der Waals surface area contributed by atoms with E-state index in [1.807, 2.05) is 13.0 Å². The number of benzene rings is 2. The van der Waals surface area contributed by atoms with E-state index in [1.165, 1.54) is 22.1 Å². The van der Waals surface area contributed by atoms with Gasteiger partial charge < -0.3 is 0 Å². The molecule has 0 radical (unpaired) electrons. The van der Waals surface area contributed by atoms with Gasteiger partial charge in [0.2, 0.25) is 0 Å². The molecule has 0 unspecified atom stereocenters. The Bertz CT molecular complexity index is 699. The summed E-state index contributed by atoms with van der Waals surface area (Å²) in [5, 5.41) is 1.23. The summed E-state index contributed by atoms with van der Waals surface area (Å²) in [7, 11) is 0. The molecule has 3 rings (SSSR count). The van der Waals surface area contributed by atoms with E-state index in [2.05, 4.69) is 60.4 Å². The van der Waals surface area contributed by atoms with E-state index < -0.39 is 0 Å². The van der Waals surface area contributed by atoms with Gasteiger partial charge in [0.25, 0.3) is 0 Å². The molecule has 2 aromatic carbocycles. The Kier molecular flexibility index (Phi) is 2.60. The van der Waals surface area contributed by atoms with Crippen LogP contribution in [0.2, 0.25) is 0 Å². The van der Waals surface area contributed by atoms with Gasteiger partial charge in [-0.3, -0.25) is 4.98 Å². The van der Waals surface area contributed by atoms with Crippen LogP contribution in [0.15, 0.2) is 54.6 Å². The van der Waals surface area contributed by atoms with Crippen LogP contribution in [-0.2, 0) is 0 Å². The fourth-order valence-electron chi connectivity index (χ4n) is 2.33. The highest BCUT2D eigenvalue weighted by Crippen LogP contribution is 2.29. The van der Waals surface area contributed by atoms with Gasteiger partial charge in [0.1, 0.15) is 0 Å². The molecule has 0 saturated heterocycles. The highest BCUT2D eigenvalue weighted by molar-refractivity contribution is 5.95. The first kappa shape index (κ1) is 11.0. The summed E-state index contributed by atoms with van der Waals surface area (Å²) in [5.41, 5.74) is 5.91. The number of aryl methyl sites for hydroxylation is 2. The Balaban J connectivity index is 2.37. The molecule has 0 aliphatic heterocycles. The number of nitrogens with zero attached hydrogens (tertiary/aromatic N) is 1. The van der Waals surface area contributed by atoms with Crippen LogP contribution in [0, 0.1) is 13.8 Å². The second kappa shape index (κ2) is 4.26. The summed E-state index contributed by atoms with van der Waals surface area (Å²) in [6.45, 7) is 4.17. The van der Waals surface area contributed by atoms with E-state index >= 15 is 0 Å². The van der Waals surface area contributed by atoms with Crippen LogP contribution in [-0.4, -0.2) is 4.98 Å². The van der Waals surface area contributed by atoms with Crippen molar-refractivity contribution in [3.63, 3.8) is 0 Å². The van der Waals surface area contributed by atoms with Crippen LogP contribution in [0.1, 0.15) is 11.3 Å². The van der Waals surface area contributed by atoms with Crippen molar-refractivity contribution in [2.45, 2.75) is 13.8 Å². The van der Waals surface area contributed by atoms with Gasteiger partial charge in [-0.2, -0.15) is 0 Å². The summed E-state index contributed by atoms with van der Waals surface area (Å²) in [6.07, 6.45) is 0. The van der Waals surface area contributed by atoms with Crippen molar-refractivity contribution >= 4 is 10.9 Å². The second-order valence-electron chi connectivity index (χ2n) is 4.70. The van der Waals surface area contributed by atoms with Crippen LogP contribution < -0.4 is 0 Å². The van der Waals surface area contributed by atoms with Crippen LogP contribution in [0.25, 0.3) is 22.0 Å². The third kappa shape index (κ3) is 1.88. The summed E-state index contributed by atoms with van der Waals surface area (Å²) < 4.78 is 0. The molecule has 0 spiro atoms. The smallest absolute Gasteiger partial charge is 0.0711 e. The van der Waals surface area contributed by atoms with Crippen LogP contribution in [0.4, 0.5) is 0 Å². The molecule has 0 aliphatic rings. The molecule has 1 aromatic heterocycles. The minimum absolute atomic E-state index is 1.06. The molecule has 3 aromatic rings. The Labute approximate surface area is 107 Å². The van der Waals surface area contributed by atoms with Gasteiger partial charge in [-0.1, -0.05) is 42.0 Å². The Morgan fingerprint density at radius 3 is 2.39 bits per heavy atom. The third-order valence-electron chi connectivity index (χ3n) is 3.18. The Hall–Kier alpha value is -2.15. The molecule has 0 atom stereocenters.